The van der Waals surface area contributed by atoms with Gasteiger partial charge >= 0.3 is 0 Å². The summed E-state index contributed by atoms with van der Waals surface area (Å²) in [6, 6.07) is 14.3. The highest BCUT2D eigenvalue weighted by Crippen LogP contribution is 2.32. The number of halogens is 1. The molecule has 1 saturated heterocycles. The Morgan fingerprint density at radius 3 is 2.69 bits per heavy atom. The molecule has 0 saturated carbocycles. The molecule has 0 spiro atoms. The van der Waals surface area contributed by atoms with Crippen LogP contribution in [0.5, 0.6) is 0 Å². The van der Waals surface area contributed by atoms with Gasteiger partial charge in [0.15, 0.2) is 5.96 Å². The molecule has 6 nitrogen and oxygen atoms in total. The Labute approximate surface area is 190 Å². The van der Waals surface area contributed by atoms with Gasteiger partial charge in [0.1, 0.15) is 6.54 Å². The Kier molecular flexibility index (Phi) is 9.37. The van der Waals surface area contributed by atoms with Gasteiger partial charge in [0.2, 0.25) is 5.91 Å². The smallest absolute Gasteiger partial charge is 0.246 e. The number of hydrogen-bond donors (Lipinski definition) is 2. The minimum atomic E-state index is -0.143. The van der Waals surface area contributed by atoms with Crippen molar-refractivity contribution < 1.29 is 4.79 Å². The van der Waals surface area contributed by atoms with Gasteiger partial charge in [-0.25, -0.2) is 4.99 Å². The zero-order chi connectivity index (χ0) is 19.8. The molecule has 7 heteroatoms. The third-order valence-corrected chi connectivity index (χ3v) is 5.09. The quantitative estimate of drug-likeness (QED) is 0.368. The highest BCUT2D eigenvalue weighted by atomic mass is 127. The number of hydrogen-bond acceptors (Lipinski definition) is 3. The van der Waals surface area contributed by atoms with E-state index in [-0.39, 0.29) is 36.4 Å². The molecule has 1 amide bonds. The van der Waals surface area contributed by atoms with Gasteiger partial charge in [-0.1, -0.05) is 37.3 Å². The Morgan fingerprint density at radius 2 is 2.03 bits per heavy atom. The first-order valence-corrected chi connectivity index (χ1v) is 9.95. The number of piperidine rings is 1. The topological polar surface area (TPSA) is 69.6 Å². The van der Waals surface area contributed by atoms with Crippen LogP contribution >= 0.6 is 24.0 Å². The number of guanidine groups is 1. The molecule has 0 bridgehead atoms. The summed E-state index contributed by atoms with van der Waals surface area (Å²) < 4.78 is 0. The van der Waals surface area contributed by atoms with Crippen molar-refractivity contribution in [2.24, 2.45) is 10.9 Å². The molecular formula is C22H30IN5O. The number of carbonyl (C=O) groups excluding carboxylic acids is 1. The maximum Gasteiger partial charge on any atom is 0.246 e. The van der Waals surface area contributed by atoms with E-state index in [0.29, 0.717) is 17.5 Å². The molecule has 0 aliphatic carbocycles. The molecule has 0 radical (unpaired) electrons. The van der Waals surface area contributed by atoms with Crippen LogP contribution < -0.4 is 10.6 Å². The number of aromatic nitrogens is 1. The summed E-state index contributed by atoms with van der Waals surface area (Å²) in [6.07, 6.45) is 4.39. The fraction of sp³-hybridized carbons (Fsp3) is 0.409. The van der Waals surface area contributed by atoms with E-state index < -0.39 is 0 Å². The Bertz CT molecular complexity index is 784. The standard InChI is InChI=1S/C22H29N5O.HI/c1-3-24-22(25-15-21(28)26-19-10-7-12-23-14-19)27-13-11-20(17(2)16-27)18-8-5-4-6-9-18;/h4-10,12,14,17,20H,3,11,13,15-16H2,1-2H3,(H,24,25)(H,26,28);1H. The SMILES string of the molecule is CCNC(=NCC(=O)Nc1cccnc1)N1CCC(c2ccccc2)C(C)C1.I. The number of nitrogens with zero attached hydrogens (tertiary/aromatic N) is 3. The molecular weight excluding hydrogens is 477 g/mol. The monoisotopic (exact) mass is 507 g/mol. The highest BCUT2D eigenvalue weighted by molar-refractivity contribution is 14.0. The zero-order valence-corrected chi connectivity index (χ0v) is 19.4. The molecule has 2 heterocycles. The number of carbonyl (C=O) groups is 1. The lowest BCUT2D eigenvalue weighted by molar-refractivity contribution is -0.114. The van der Waals surface area contributed by atoms with Gasteiger partial charge in [0.25, 0.3) is 0 Å². The maximum absolute atomic E-state index is 12.2. The van der Waals surface area contributed by atoms with Crippen molar-refractivity contribution in [2.45, 2.75) is 26.2 Å². The van der Waals surface area contributed by atoms with E-state index >= 15 is 0 Å². The van der Waals surface area contributed by atoms with Crippen molar-refractivity contribution in [2.75, 3.05) is 31.5 Å². The van der Waals surface area contributed by atoms with E-state index in [1.54, 1.807) is 18.5 Å². The van der Waals surface area contributed by atoms with Crippen LogP contribution in [-0.4, -0.2) is 47.9 Å². The number of benzene rings is 1. The van der Waals surface area contributed by atoms with Crippen LogP contribution in [0.15, 0.2) is 59.9 Å². The van der Waals surface area contributed by atoms with Gasteiger partial charge in [0, 0.05) is 25.8 Å². The Hall–Kier alpha value is -2.16. The maximum atomic E-state index is 12.2. The minimum Gasteiger partial charge on any atom is -0.357 e. The van der Waals surface area contributed by atoms with Crippen LogP contribution in [0.1, 0.15) is 31.7 Å². The molecule has 2 atom stereocenters. The van der Waals surface area contributed by atoms with E-state index in [0.717, 1.165) is 32.0 Å². The van der Waals surface area contributed by atoms with Crippen LogP contribution in [0.25, 0.3) is 0 Å². The van der Waals surface area contributed by atoms with Crippen molar-refractivity contribution in [1.29, 1.82) is 0 Å². The Balaban J connectivity index is 0.00000300. The average Bonchev–Trinajstić information content (AvgIpc) is 2.72. The molecule has 2 unspecified atom stereocenters. The van der Waals surface area contributed by atoms with Gasteiger partial charge < -0.3 is 15.5 Å². The lowest BCUT2D eigenvalue weighted by atomic mass is 9.82. The molecule has 1 aromatic carbocycles. The molecule has 1 aliphatic heterocycles. The molecule has 1 fully saturated rings. The first-order valence-electron chi connectivity index (χ1n) is 9.95. The van der Waals surface area contributed by atoms with Gasteiger partial charge in [-0.05, 0) is 42.9 Å². The minimum absolute atomic E-state index is 0. The van der Waals surface area contributed by atoms with Gasteiger partial charge in [-0.3, -0.25) is 9.78 Å². The first-order chi connectivity index (χ1) is 13.7. The van der Waals surface area contributed by atoms with E-state index in [2.05, 4.69) is 62.8 Å². The molecule has 2 aromatic rings. The second-order valence-electron chi connectivity index (χ2n) is 7.19. The van der Waals surface area contributed by atoms with Gasteiger partial charge in [-0.2, -0.15) is 0 Å². The normalized spacial score (nSPS) is 19.2. The largest absolute Gasteiger partial charge is 0.357 e. The second kappa shape index (κ2) is 11.7. The number of anilines is 1. The molecule has 156 valence electrons. The third kappa shape index (κ3) is 6.69. The molecule has 3 rings (SSSR count). The van der Waals surface area contributed by atoms with Crippen molar-refractivity contribution in [3.05, 3.63) is 60.4 Å². The summed E-state index contributed by atoms with van der Waals surface area (Å²) in [5.41, 5.74) is 2.09. The van der Waals surface area contributed by atoms with Crippen LogP contribution in [-0.2, 0) is 4.79 Å². The number of likely N-dealkylation sites (tertiary alicyclic amines) is 1. The van der Waals surface area contributed by atoms with Crippen LogP contribution in [0, 0.1) is 5.92 Å². The van der Waals surface area contributed by atoms with Gasteiger partial charge in [0.05, 0.1) is 11.9 Å². The molecule has 2 N–H and O–H groups in total. The van der Waals surface area contributed by atoms with Crippen LogP contribution in [0.2, 0.25) is 0 Å². The number of pyridine rings is 1. The van der Waals surface area contributed by atoms with E-state index in [9.17, 15) is 4.79 Å². The predicted molar refractivity (Wildman–Crippen MR) is 129 cm³/mol. The van der Waals surface area contributed by atoms with Gasteiger partial charge in [-0.15, -0.1) is 24.0 Å². The lowest BCUT2D eigenvalue weighted by Crippen LogP contribution is -2.48. The lowest BCUT2D eigenvalue weighted by Gasteiger charge is -2.39. The van der Waals surface area contributed by atoms with E-state index in [4.69, 9.17) is 0 Å². The fourth-order valence-electron chi connectivity index (χ4n) is 3.74. The average molecular weight is 507 g/mol. The molecule has 29 heavy (non-hydrogen) atoms. The van der Waals surface area contributed by atoms with E-state index in [1.807, 2.05) is 13.0 Å². The first kappa shape index (κ1) is 23.1. The number of nitrogens with one attached hydrogen (secondary N) is 2. The summed E-state index contributed by atoms with van der Waals surface area (Å²) in [4.78, 5) is 23.1. The van der Waals surface area contributed by atoms with Crippen LogP contribution in [0.4, 0.5) is 5.69 Å². The highest BCUT2D eigenvalue weighted by Gasteiger charge is 2.28. The molecule has 1 aliphatic rings. The number of rotatable bonds is 5. The fourth-order valence-corrected chi connectivity index (χ4v) is 3.74. The Morgan fingerprint density at radius 1 is 1.24 bits per heavy atom. The van der Waals surface area contributed by atoms with Crippen molar-refractivity contribution in [1.82, 2.24) is 15.2 Å². The predicted octanol–water partition coefficient (Wildman–Crippen LogP) is 3.73. The van der Waals surface area contributed by atoms with Crippen LogP contribution in [0.3, 0.4) is 0 Å². The summed E-state index contributed by atoms with van der Waals surface area (Å²) in [7, 11) is 0. The zero-order valence-electron chi connectivity index (χ0n) is 17.0. The van der Waals surface area contributed by atoms with Crippen molar-refractivity contribution in [3.8, 4) is 0 Å². The van der Waals surface area contributed by atoms with Crippen molar-refractivity contribution in [3.63, 3.8) is 0 Å². The summed E-state index contributed by atoms with van der Waals surface area (Å²) in [6.45, 7) is 7.06. The second-order valence-corrected chi connectivity index (χ2v) is 7.19. The van der Waals surface area contributed by atoms with Crippen molar-refractivity contribution >= 4 is 41.5 Å². The number of amides is 1. The van der Waals surface area contributed by atoms with E-state index in [1.165, 1.54) is 5.56 Å². The number of aliphatic imine (C=N–C) groups is 1. The third-order valence-electron chi connectivity index (χ3n) is 5.09. The summed E-state index contributed by atoms with van der Waals surface area (Å²) >= 11 is 0. The summed E-state index contributed by atoms with van der Waals surface area (Å²) in [5.74, 6) is 1.75. The molecule has 1 aromatic heterocycles. The summed E-state index contributed by atoms with van der Waals surface area (Å²) in [5, 5.41) is 6.16.